The molecule has 2 saturated heterocycles. The Balaban J connectivity index is 1.90. The molecule has 3 amide bonds. The third-order valence-electron chi connectivity index (χ3n) is 3.72. The molecule has 0 aliphatic carbocycles. The van der Waals surface area contributed by atoms with Crippen molar-refractivity contribution in [2.45, 2.75) is 32.2 Å². The SMILES string of the molecule is CCOC(=O)C1CCCCN1CCN1C(=O)CNC1=O. The van der Waals surface area contributed by atoms with Gasteiger partial charge < -0.3 is 10.1 Å². The Labute approximate surface area is 118 Å². The Morgan fingerprint density at radius 2 is 2.15 bits per heavy atom. The Morgan fingerprint density at radius 1 is 1.35 bits per heavy atom. The lowest BCUT2D eigenvalue weighted by molar-refractivity contribution is -0.150. The number of hydrogen-bond acceptors (Lipinski definition) is 5. The van der Waals surface area contributed by atoms with Crippen LogP contribution in [-0.2, 0) is 14.3 Å². The first kappa shape index (κ1) is 14.8. The molecule has 1 unspecified atom stereocenters. The number of likely N-dealkylation sites (tertiary alicyclic amines) is 1. The smallest absolute Gasteiger partial charge is 0.324 e. The number of esters is 1. The summed E-state index contributed by atoms with van der Waals surface area (Å²) in [6.45, 7) is 3.87. The van der Waals surface area contributed by atoms with Gasteiger partial charge in [0.05, 0.1) is 13.2 Å². The van der Waals surface area contributed by atoms with Crippen LogP contribution in [0.15, 0.2) is 0 Å². The van der Waals surface area contributed by atoms with Crippen molar-refractivity contribution in [3.63, 3.8) is 0 Å². The van der Waals surface area contributed by atoms with Crippen LogP contribution < -0.4 is 5.32 Å². The average molecular weight is 283 g/mol. The van der Waals surface area contributed by atoms with Crippen molar-refractivity contribution < 1.29 is 19.1 Å². The Kier molecular flexibility index (Phi) is 4.94. The molecule has 0 radical (unpaired) electrons. The molecule has 112 valence electrons. The van der Waals surface area contributed by atoms with Crippen LogP contribution in [0, 0.1) is 0 Å². The zero-order valence-electron chi connectivity index (χ0n) is 11.8. The Morgan fingerprint density at radius 3 is 2.80 bits per heavy atom. The summed E-state index contributed by atoms with van der Waals surface area (Å²) in [5, 5.41) is 2.49. The number of urea groups is 1. The first-order chi connectivity index (χ1) is 9.63. The maximum atomic E-state index is 11.9. The minimum absolute atomic E-state index is 0.0696. The second-order valence-electron chi connectivity index (χ2n) is 5.00. The average Bonchev–Trinajstić information content (AvgIpc) is 2.76. The van der Waals surface area contributed by atoms with E-state index in [9.17, 15) is 14.4 Å². The van der Waals surface area contributed by atoms with Crippen molar-refractivity contribution in [2.24, 2.45) is 0 Å². The molecule has 0 aromatic carbocycles. The lowest BCUT2D eigenvalue weighted by Crippen LogP contribution is -2.49. The van der Waals surface area contributed by atoms with Gasteiger partial charge in [0.25, 0.3) is 0 Å². The van der Waals surface area contributed by atoms with Gasteiger partial charge in [0.15, 0.2) is 0 Å². The van der Waals surface area contributed by atoms with Gasteiger partial charge in [-0.1, -0.05) is 6.42 Å². The van der Waals surface area contributed by atoms with E-state index in [1.807, 2.05) is 4.90 Å². The molecule has 20 heavy (non-hydrogen) atoms. The third kappa shape index (κ3) is 3.27. The molecule has 7 nitrogen and oxygen atoms in total. The van der Waals surface area contributed by atoms with E-state index < -0.39 is 0 Å². The zero-order chi connectivity index (χ0) is 14.5. The summed E-state index contributed by atoms with van der Waals surface area (Å²) in [5.74, 6) is -0.413. The van der Waals surface area contributed by atoms with E-state index in [0.717, 1.165) is 25.8 Å². The molecule has 2 heterocycles. The number of nitrogens with one attached hydrogen (secondary N) is 1. The molecule has 0 bridgehead atoms. The van der Waals surface area contributed by atoms with Crippen LogP contribution in [0.4, 0.5) is 4.79 Å². The number of nitrogens with zero attached hydrogens (tertiary/aromatic N) is 2. The fourth-order valence-corrected chi connectivity index (χ4v) is 2.67. The van der Waals surface area contributed by atoms with Gasteiger partial charge in [-0.15, -0.1) is 0 Å². The number of imide groups is 1. The number of piperidine rings is 1. The molecule has 0 aromatic rings. The second-order valence-corrected chi connectivity index (χ2v) is 5.00. The predicted molar refractivity (Wildman–Crippen MR) is 71.0 cm³/mol. The van der Waals surface area contributed by atoms with Gasteiger partial charge in [0.1, 0.15) is 6.04 Å². The summed E-state index contributed by atoms with van der Waals surface area (Å²) in [5.41, 5.74) is 0. The van der Waals surface area contributed by atoms with Crippen molar-refractivity contribution in [3.8, 4) is 0 Å². The van der Waals surface area contributed by atoms with Gasteiger partial charge in [0, 0.05) is 13.1 Å². The van der Waals surface area contributed by atoms with Gasteiger partial charge in [0.2, 0.25) is 5.91 Å². The fraction of sp³-hybridized carbons (Fsp3) is 0.769. The lowest BCUT2D eigenvalue weighted by atomic mass is 10.0. The molecule has 0 aromatic heterocycles. The molecular weight excluding hydrogens is 262 g/mol. The summed E-state index contributed by atoms with van der Waals surface area (Å²) in [6, 6.07) is -0.593. The summed E-state index contributed by atoms with van der Waals surface area (Å²) in [4.78, 5) is 38.1. The maximum Gasteiger partial charge on any atom is 0.324 e. The highest BCUT2D eigenvalue weighted by molar-refractivity contribution is 6.01. The van der Waals surface area contributed by atoms with Gasteiger partial charge in [-0.25, -0.2) is 4.79 Å². The van der Waals surface area contributed by atoms with E-state index in [0.29, 0.717) is 19.7 Å². The van der Waals surface area contributed by atoms with Crippen LogP contribution in [0.2, 0.25) is 0 Å². The topological polar surface area (TPSA) is 79.0 Å². The van der Waals surface area contributed by atoms with Crippen molar-refractivity contribution >= 4 is 17.9 Å². The number of hydrogen-bond donors (Lipinski definition) is 1. The molecule has 2 aliphatic heterocycles. The van der Waals surface area contributed by atoms with E-state index in [-0.39, 0.29) is 30.5 Å². The van der Waals surface area contributed by atoms with Crippen molar-refractivity contribution in [1.82, 2.24) is 15.1 Å². The summed E-state index contributed by atoms with van der Waals surface area (Å²) < 4.78 is 5.09. The van der Waals surface area contributed by atoms with Crippen LogP contribution in [-0.4, -0.2) is 66.5 Å². The molecule has 2 aliphatic rings. The largest absolute Gasteiger partial charge is 0.465 e. The number of ether oxygens (including phenoxy) is 1. The van der Waals surface area contributed by atoms with E-state index in [4.69, 9.17) is 4.74 Å². The van der Waals surface area contributed by atoms with Crippen LogP contribution in [0.25, 0.3) is 0 Å². The molecule has 0 saturated carbocycles. The van der Waals surface area contributed by atoms with Crippen LogP contribution in [0.3, 0.4) is 0 Å². The van der Waals surface area contributed by atoms with E-state index in [1.165, 1.54) is 4.90 Å². The fourth-order valence-electron chi connectivity index (χ4n) is 2.67. The molecule has 1 atom stereocenters. The monoisotopic (exact) mass is 283 g/mol. The van der Waals surface area contributed by atoms with Crippen LogP contribution in [0.1, 0.15) is 26.2 Å². The first-order valence-electron chi connectivity index (χ1n) is 7.12. The van der Waals surface area contributed by atoms with Gasteiger partial charge >= 0.3 is 12.0 Å². The zero-order valence-corrected chi connectivity index (χ0v) is 11.8. The molecule has 1 N–H and O–H groups in total. The van der Waals surface area contributed by atoms with Crippen LogP contribution in [0.5, 0.6) is 0 Å². The highest BCUT2D eigenvalue weighted by Crippen LogP contribution is 2.18. The molecule has 2 fully saturated rings. The van der Waals surface area contributed by atoms with Crippen LogP contribution >= 0.6 is 0 Å². The molecule has 7 heteroatoms. The summed E-state index contributed by atoms with van der Waals surface area (Å²) >= 11 is 0. The predicted octanol–water partition coefficient (Wildman–Crippen LogP) is -0.0442. The lowest BCUT2D eigenvalue weighted by Gasteiger charge is -2.34. The minimum atomic E-state index is -0.348. The van der Waals surface area contributed by atoms with Gasteiger partial charge in [-0.2, -0.15) is 0 Å². The Hall–Kier alpha value is -1.63. The number of amides is 3. The van der Waals surface area contributed by atoms with Crippen molar-refractivity contribution in [2.75, 3.05) is 32.8 Å². The van der Waals surface area contributed by atoms with E-state index in [1.54, 1.807) is 6.92 Å². The standard InChI is InChI=1S/C13H21N3O4/c1-2-20-12(18)10-5-3-4-6-15(10)7-8-16-11(17)9-14-13(16)19/h10H,2-9H2,1H3,(H,14,19). The van der Waals surface area contributed by atoms with E-state index >= 15 is 0 Å². The van der Waals surface area contributed by atoms with E-state index in [2.05, 4.69) is 5.32 Å². The van der Waals surface area contributed by atoms with Gasteiger partial charge in [-0.05, 0) is 26.3 Å². The second kappa shape index (κ2) is 6.69. The molecule has 0 spiro atoms. The normalized spacial score (nSPS) is 23.9. The summed E-state index contributed by atoms with van der Waals surface area (Å²) in [6.07, 6.45) is 2.80. The third-order valence-corrected chi connectivity index (χ3v) is 3.72. The quantitative estimate of drug-likeness (QED) is 0.565. The molecule has 2 rings (SSSR count). The van der Waals surface area contributed by atoms with Crippen molar-refractivity contribution in [1.29, 1.82) is 0 Å². The molecular formula is C13H21N3O4. The number of carbonyl (C=O) groups is 3. The van der Waals surface area contributed by atoms with Gasteiger partial charge in [-0.3, -0.25) is 19.4 Å². The number of rotatable bonds is 5. The summed E-state index contributed by atoms with van der Waals surface area (Å²) in [7, 11) is 0. The Bertz CT molecular complexity index is 383. The first-order valence-corrected chi connectivity index (χ1v) is 7.12. The maximum absolute atomic E-state index is 11.9. The number of carbonyl (C=O) groups excluding carboxylic acids is 3. The van der Waals surface area contributed by atoms with Crippen molar-refractivity contribution in [3.05, 3.63) is 0 Å². The highest BCUT2D eigenvalue weighted by atomic mass is 16.5. The minimum Gasteiger partial charge on any atom is -0.465 e. The highest BCUT2D eigenvalue weighted by Gasteiger charge is 2.32.